The molecule has 2 N–H and O–H groups in total. The molecule has 0 saturated heterocycles. The number of hydrogen-bond acceptors (Lipinski definition) is 3. The first-order valence-electron chi connectivity index (χ1n) is 7.72. The Morgan fingerprint density at radius 1 is 1.23 bits per heavy atom. The first-order chi connectivity index (χ1) is 10.3. The summed E-state index contributed by atoms with van der Waals surface area (Å²) in [7, 11) is -3.35. The number of sulfonamides is 1. The lowest BCUT2D eigenvalue weighted by Gasteiger charge is -2.23. The molecule has 2 bridgehead atoms. The van der Waals surface area contributed by atoms with Crippen molar-refractivity contribution in [1.29, 1.82) is 0 Å². The molecule has 0 aromatic heterocycles. The quantitative estimate of drug-likeness (QED) is 0.893. The molecule has 0 radical (unpaired) electrons. The summed E-state index contributed by atoms with van der Waals surface area (Å²) < 4.78 is 25.2. The summed E-state index contributed by atoms with van der Waals surface area (Å²) in [5.41, 5.74) is 1.66. The lowest BCUT2D eigenvalue weighted by molar-refractivity contribution is 0.0922. The van der Waals surface area contributed by atoms with Crippen LogP contribution in [0.15, 0.2) is 18.2 Å². The Kier molecular flexibility index (Phi) is 3.89. The predicted molar refractivity (Wildman–Crippen MR) is 86.3 cm³/mol. The maximum absolute atomic E-state index is 12.5. The van der Waals surface area contributed by atoms with E-state index in [1.54, 1.807) is 25.1 Å². The van der Waals surface area contributed by atoms with Gasteiger partial charge in [0.15, 0.2) is 0 Å². The van der Waals surface area contributed by atoms with Crippen LogP contribution in [0.4, 0.5) is 5.69 Å². The Morgan fingerprint density at radius 2 is 2.00 bits per heavy atom. The second kappa shape index (κ2) is 5.57. The lowest BCUT2D eigenvalue weighted by Crippen LogP contribution is -2.38. The van der Waals surface area contributed by atoms with E-state index >= 15 is 0 Å². The Labute approximate surface area is 131 Å². The molecule has 2 aliphatic rings. The van der Waals surface area contributed by atoms with Gasteiger partial charge in [-0.25, -0.2) is 8.42 Å². The summed E-state index contributed by atoms with van der Waals surface area (Å²) in [5, 5.41) is 3.14. The van der Waals surface area contributed by atoms with Gasteiger partial charge in [-0.05, 0) is 55.7 Å². The number of anilines is 1. The Bertz CT molecular complexity index is 699. The summed E-state index contributed by atoms with van der Waals surface area (Å²) in [6.45, 7) is 1.77. The lowest BCUT2D eigenvalue weighted by atomic mass is 9.95. The number of rotatable bonds is 4. The Morgan fingerprint density at radius 3 is 2.59 bits per heavy atom. The van der Waals surface area contributed by atoms with Gasteiger partial charge in [0.05, 0.1) is 11.9 Å². The molecule has 3 atom stereocenters. The van der Waals surface area contributed by atoms with Gasteiger partial charge in [0.25, 0.3) is 5.91 Å². The number of carbonyl (C=O) groups excluding carboxylic acids is 1. The molecule has 1 amide bonds. The fourth-order valence-corrected chi connectivity index (χ4v) is 4.48. The molecule has 0 aliphatic heterocycles. The van der Waals surface area contributed by atoms with Crippen LogP contribution in [0.3, 0.4) is 0 Å². The van der Waals surface area contributed by atoms with Crippen molar-refractivity contribution in [3.05, 3.63) is 29.3 Å². The molecular weight excluding hydrogens is 300 g/mol. The molecule has 5 nitrogen and oxygen atoms in total. The van der Waals surface area contributed by atoms with Crippen LogP contribution in [0.1, 0.15) is 41.6 Å². The molecule has 22 heavy (non-hydrogen) atoms. The Balaban J connectivity index is 1.76. The minimum Gasteiger partial charge on any atom is -0.349 e. The molecule has 1 aromatic rings. The second-order valence-electron chi connectivity index (χ2n) is 6.61. The van der Waals surface area contributed by atoms with Gasteiger partial charge in [-0.2, -0.15) is 0 Å². The molecule has 0 heterocycles. The minimum absolute atomic E-state index is 0.104. The van der Waals surface area contributed by atoms with Crippen molar-refractivity contribution in [2.24, 2.45) is 11.8 Å². The van der Waals surface area contributed by atoms with E-state index in [1.807, 2.05) is 0 Å². The summed E-state index contributed by atoms with van der Waals surface area (Å²) in [4.78, 5) is 12.5. The van der Waals surface area contributed by atoms with Gasteiger partial charge in [-0.1, -0.05) is 12.5 Å². The van der Waals surface area contributed by atoms with E-state index in [4.69, 9.17) is 0 Å². The first kappa shape index (κ1) is 15.3. The largest absolute Gasteiger partial charge is 0.349 e. The van der Waals surface area contributed by atoms with Crippen LogP contribution < -0.4 is 10.0 Å². The number of carbonyl (C=O) groups is 1. The molecule has 1 aromatic carbocycles. The minimum atomic E-state index is -3.35. The fourth-order valence-electron chi connectivity index (χ4n) is 3.86. The highest BCUT2D eigenvalue weighted by atomic mass is 32.2. The normalized spacial score (nSPS) is 26.9. The molecule has 2 saturated carbocycles. The van der Waals surface area contributed by atoms with Crippen molar-refractivity contribution in [3.8, 4) is 0 Å². The van der Waals surface area contributed by atoms with Gasteiger partial charge < -0.3 is 5.32 Å². The van der Waals surface area contributed by atoms with E-state index in [1.165, 1.54) is 19.3 Å². The molecule has 2 fully saturated rings. The van der Waals surface area contributed by atoms with Crippen molar-refractivity contribution < 1.29 is 13.2 Å². The van der Waals surface area contributed by atoms with Crippen molar-refractivity contribution in [2.75, 3.05) is 11.0 Å². The van der Waals surface area contributed by atoms with E-state index in [2.05, 4.69) is 10.0 Å². The third-order valence-corrected chi connectivity index (χ3v) is 5.52. The van der Waals surface area contributed by atoms with Crippen molar-refractivity contribution in [3.63, 3.8) is 0 Å². The van der Waals surface area contributed by atoms with Crippen LogP contribution in [0.5, 0.6) is 0 Å². The fraction of sp³-hybridized carbons (Fsp3) is 0.562. The predicted octanol–water partition coefficient (Wildman–Crippen LogP) is 2.28. The van der Waals surface area contributed by atoms with Gasteiger partial charge in [-0.3, -0.25) is 9.52 Å². The van der Waals surface area contributed by atoms with Crippen LogP contribution in [0, 0.1) is 18.8 Å². The van der Waals surface area contributed by atoms with Crippen LogP contribution in [0.25, 0.3) is 0 Å². The number of fused-ring (bicyclic) bond motifs is 2. The van der Waals surface area contributed by atoms with Crippen LogP contribution >= 0.6 is 0 Å². The highest BCUT2D eigenvalue weighted by molar-refractivity contribution is 7.92. The van der Waals surface area contributed by atoms with E-state index in [0.29, 0.717) is 22.7 Å². The number of hydrogen-bond donors (Lipinski definition) is 2. The topological polar surface area (TPSA) is 75.3 Å². The molecule has 6 heteroatoms. The summed E-state index contributed by atoms with van der Waals surface area (Å²) >= 11 is 0. The highest BCUT2D eigenvalue weighted by Crippen LogP contribution is 2.44. The van der Waals surface area contributed by atoms with E-state index in [-0.39, 0.29) is 11.9 Å². The standard InChI is InChI=1S/C16H22N2O3S/c1-10-13(4-3-5-14(10)18-22(2,20)21)16(19)17-15-9-11-6-7-12(15)8-11/h3-5,11-12,15,18H,6-9H2,1-2H3,(H,17,19)/t11-,12+,15-/m0/s1. The zero-order valence-corrected chi connectivity index (χ0v) is 13.7. The monoisotopic (exact) mass is 322 g/mol. The van der Waals surface area contributed by atoms with Crippen LogP contribution in [-0.4, -0.2) is 26.6 Å². The third-order valence-electron chi connectivity index (χ3n) is 4.93. The van der Waals surface area contributed by atoms with Crippen LogP contribution in [-0.2, 0) is 10.0 Å². The zero-order valence-electron chi connectivity index (χ0n) is 12.9. The SMILES string of the molecule is Cc1c(NS(C)(=O)=O)cccc1C(=O)N[C@H]1C[C@H]2CC[C@@H]1C2. The average molecular weight is 322 g/mol. The number of nitrogens with one attached hydrogen (secondary N) is 2. The summed E-state index contributed by atoms with van der Waals surface area (Å²) in [6.07, 6.45) is 5.93. The number of benzene rings is 1. The summed E-state index contributed by atoms with van der Waals surface area (Å²) in [6, 6.07) is 5.39. The van der Waals surface area contributed by atoms with Gasteiger partial charge in [0.2, 0.25) is 10.0 Å². The van der Waals surface area contributed by atoms with E-state index in [0.717, 1.165) is 18.6 Å². The van der Waals surface area contributed by atoms with Gasteiger partial charge >= 0.3 is 0 Å². The molecule has 3 rings (SSSR count). The molecule has 0 unspecified atom stereocenters. The average Bonchev–Trinajstić information content (AvgIpc) is 3.02. The van der Waals surface area contributed by atoms with E-state index in [9.17, 15) is 13.2 Å². The molecule has 2 aliphatic carbocycles. The molecule has 120 valence electrons. The van der Waals surface area contributed by atoms with Crippen molar-refractivity contribution in [1.82, 2.24) is 5.32 Å². The first-order valence-corrected chi connectivity index (χ1v) is 9.61. The highest BCUT2D eigenvalue weighted by Gasteiger charge is 2.40. The van der Waals surface area contributed by atoms with Crippen LogP contribution in [0.2, 0.25) is 0 Å². The number of amides is 1. The Hall–Kier alpha value is -1.56. The molecular formula is C16H22N2O3S. The van der Waals surface area contributed by atoms with E-state index < -0.39 is 10.0 Å². The smallest absolute Gasteiger partial charge is 0.251 e. The van der Waals surface area contributed by atoms with Gasteiger partial charge in [-0.15, -0.1) is 0 Å². The zero-order chi connectivity index (χ0) is 15.9. The van der Waals surface area contributed by atoms with Crippen molar-refractivity contribution >= 4 is 21.6 Å². The van der Waals surface area contributed by atoms with Gasteiger partial charge in [0, 0.05) is 11.6 Å². The van der Waals surface area contributed by atoms with Crippen molar-refractivity contribution in [2.45, 2.75) is 38.6 Å². The maximum Gasteiger partial charge on any atom is 0.251 e. The van der Waals surface area contributed by atoms with Gasteiger partial charge in [0.1, 0.15) is 0 Å². The second-order valence-corrected chi connectivity index (χ2v) is 8.36. The molecule has 0 spiro atoms. The maximum atomic E-state index is 12.5. The third kappa shape index (κ3) is 3.11. The summed E-state index contributed by atoms with van der Waals surface area (Å²) in [5.74, 6) is 1.29.